The molecule has 0 amide bonds. The minimum atomic E-state index is 0.388. The molecule has 0 aromatic carbocycles. The van der Waals surface area contributed by atoms with Crippen molar-refractivity contribution in [2.45, 2.75) is 18.9 Å². The van der Waals surface area contributed by atoms with Gasteiger partial charge < -0.3 is 15.4 Å². The van der Waals surface area contributed by atoms with Gasteiger partial charge in [-0.2, -0.15) is 0 Å². The fraction of sp³-hybridized carbons (Fsp3) is 0.500. The first-order valence-corrected chi connectivity index (χ1v) is 6.14. The summed E-state index contributed by atoms with van der Waals surface area (Å²) in [5.74, 6) is 0.976. The van der Waals surface area contributed by atoms with Crippen molar-refractivity contribution >= 4 is 23.0 Å². The Bertz CT molecular complexity index is 389. The van der Waals surface area contributed by atoms with Gasteiger partial charge in [-0.1, -0.05) is 12.2 Å². The van der Waals surface area contributed by atoms with Crippen LogP contribution >= 0.6 is 12.2 Å². The average Bonchev–Trinajstić information content (AvgIpc) is 3.14. The third-order valence-corrected chi connectivity index (χ3v) is 3.09. The summed E-state index contributed by atoms with van der Waals surface area (Å²) in [5.41, 5.74) is 6.36. The lowest BCUT2D eigenvalue weighted by Gasteiger charge is -2.23. The maximum atomic E-state index is 5.55. The van der Waals surface area contributed by atoms with E-state index >= 15 is 0 Å². The number of anilines is 1. The second kappa shape index (κ2) is 5.42. The van der Waals surface area contributed by atoms with Gasteiger partial charge in [0.25, 0.3) is 0 Å². The van der Waals surface area contributed by atoms with Gasteiger partial charge in [0.2, 0.25) is 0 Å². The third kappa shape index (κ3) is 3.14. The van der Waals surface area contributed by atoms with Crippen LogP contribution in [-0.2, 0) is 4.74 Å². The predicted octanol–water partition coefficient (Wildman–Crippen LogP) is 1.33. The molecule has 0 radical (unpaired) electrons. The second-order valence-corrected chi connectivity index (χ2v) is 4.63. The van der Waals surface area contributed by atoms with Gasteiger partial charge >= 0.3 is 0 Å². The summed E-state index contributed by atoms with van der Waals surface area (Å²) in [6.45, 7) is 1.59. The quantitative estimate of drug-likeness (QED) is 0.773. The molecule has 1 aliphatic rings. The van der Waals surface area contributed by atoms with Gasteiger partial charge in [0.15, 0.2) is 0 Å². The van der Waals surface area contributed by atoms with Gasteiger partial charge in [-0.15, -0.1) is 0 Å². The highest BCUT2D eigenvalue weighted by molar-refractivity contribution is 7.80. The van der Waals surface area contributed by atoms with Crippen molar-refractivity contribution in [3.63, 3.8) is 0 Å². The summed E-state index contributed by atoms with van der Waals surface area (Å²) in [6.07, 6.45) is 4.21. The zero-order valence-corrected chi connectivity index (χ0v) is 10.7. The van der Waals surface area contributed by atoms with E-state index in [1.54, 1.807) is 13.3 Å². The van der Waals surface area contributed by atoms with Crippen molar-refractivity contribution in [3.8, 4) is 0 Å². The molecule has 0 bridgehead atoms. The molecule has 0 atom stereocenters. The maximum Gasteiger partial charge on any atom is 0.128 e. The Labute approximate surface area is 107 Å². The molecule has 1 aromatic heterocycles. The Morgan fingerprint density at radius 2 is 2.35 bits per heavy atom. The van der Waals surface area contributed by atoms with Crippen LogP contribution in [0.3, 0.4) is 0 Å². The molecule has 2 rings (SSSR count). The van der Waals surface area contributed by atoms with Crippen molar-refractivity contribution in [2.24, 2.45) is 5.73 Å². The zero-order chi connectivity index (χ0) is 12.3. The number of nitrogens with zero attached hydrogens (tertiary/aromatic N) is 2. The second-order valence-electron chi connectivity index (χ2n) is 4.19. The first kappa shape index (κ1) is 12.3. The molecule has 0 unspecified atom stereocenters. The van der Waals surface area contributed by atoms with Crippen molar-refractivity contribution < 1.29 is 4.74 Å². The molecule has 0 aliphatic heterocycles. The van der Waals surface area contributed by atoms with Crippen molar-refractivity contribution in [1.29, 1.82) is 0 Å². The highest BCUT2D eigenvalue weighted by atomic mass is 32.1. The van der Waals surface area contributed by atoms with Crippen molar-refractivity contribution in [2.75, 3.05) is 25.2 Å². The summed E-state index contributed by atoms with van der Waals surface area (Å²) in [5, 5.41) is 0. The van der Waals surface area contributed by atoms with Gasteiger partial charge in [-0.3, -0.25) is 0 Å². The van der Waals surface area contributed by atoms with Crippen LogP contribution in [0.1, 0.15) is 18.4 Å². The first-order chi connectivity index (χ1) is 8.22. The van der Waals surface area contributed by atoms with Gasteiger partial charge in [0, 0.05) is 31.5 Å². The number of methoxy groups -OCH3 is 1. The van der Waals surface area contributed by atoms with Crippen LogP contribution in [0.15, 0.2) is 18.3 Å². The zero-order valence-electron chi connectivity index (χ0n) is 9.93. The van der Waals surface area contributed by atoms with Gasteiger partial charge in [-0.25, -0.2) is 4.98 Å². The van der Waals surface area contributed by atoms with Crippen molar-refractivity contribution in [3.05, 3.63) is 23.9 Å². The molecule has 1 fully saturated rings. The topological polar surface area (TPSA) is 51.4 Å². The molecule has 17 heavy (non-hydrogen) atoms. The fourth-order valence-corrected chi connectivity index (χ4v) is 1.88. The minimum absolute atomic E-state index is 0.388. The van der Waals surface area contributed by atoms with Crippen LogP contribution in [0, 0.1) is 0 Å². The van der Waals surface area contributed by atoms with E-state index in [9.17, 15) is 0 Å². The standard InChI is InChI=1S/C12H17N3OS/c1-16-7-6-15(10-3-4-10)11-5-2-9(8-14-11)12(13)17/h2,5,8,10H,3-4,6-7H2,1H3,(H2,13,17). The molecular weight excluding hydrogens is 234 g/mol. The molecule has 92 valence electrons. The number of rotatable bonds is 6. The van der Waals surface area contributed by atoms with Crippen LogP contribution in [0.25, 0.3) is 0 Å². The molecule has 4 nitrogen and oxygen atoms in total. The fourth-order valence-electron chi connectivity index (χ4n) is 1.76. The van der Waals surface area contributed by atoms with Crippen molar-refractivity contribution in [1.82, 2.24) is 4.98 Å². The third-order valence-electron chi connectivity index (χ3n) is 2.85. The molecule has 0 saturated heterocycles. The smallest absolute Gasteiger partial charge is 0.128 e. The summed E-state index contributed by atoms with van der Waals surface area (Å²) in [7, 11) is 1.72. The lowest BCUT2D eigenvalue weighted by molar-refractivity contribution is 0.204. The number of hydrogen-bond acceptors (Lipinski definition) is 4. The van der Waals surface area contributed by atoms with Gasteiger partial charge in [-0.05, 0) is 25.0 Å². The summed E-state index contributed by atoms with van der Waals surface area (Å²) in [6, 6.07) is 4.52. The molecule has 0 spiro atoms. The monoisotopic (exact) mass is 251 g/mol. The maximum absolute atomic E-state index is 5.55. The van der Waals surface area contributed by atoms with Crippen LogP contribution in [0.4, 0.5) is 5.82 Å². The number of nitrogens with two attached hydrogens (primary N) is 1. The number of ether oxygens (including phenoxy) is 1. The number of pyridine rings is 1. The van der Waals surface area contributed by atoms with E-state index in [-0.39, 0.29) is 0 Å². The van der Waals surface area contributed by atoms with Crippen LogP contribution in [0.5, 0.6) is 0 Å². The van der Waals surface area contributed by atoms with E-state index in [4.69, 9.17) is 22.7 Å². The lowest BCUT2D eigenvalue weighted by atomic mass is 10.3. The lowest BCUT2D eigenvalue weighted by Crippen LogP contribution is -2.30. The molecular formula is C12H17N3OS. The van der Waals surface area contributed by atoms with Crippen LogP contribution < -0.4 is 10.6 Å². The van der Waals surface area contributed by atoms with E-state index in [1.165, 1.54) is 12.8 Å². The molecule has 2 N–H and O–H groups in total. The minimum Gasteiger partial charge on any atom is -0.389 e. The summed E-state index contributed by atoms with van der Waals surface area (Å²) >= 11 is 4.91. The van der Waals surface area contributed by atoms with Gasteiger partial charge in [0.05, 0.1) is 6.61 Å². The Kier molecular flexibility index (Phi) is 3.91. The SMILES string of the molecule is COCCN(c1ccc(C(N)=S)cn1)C1CC1. The van der Waals surface area contributed by atoms with E-state index in [0.29, 0.717) is 11.0 Å². The Hall–Kier alpha value is -1.20. The first-order valence-electron chi connectivity index (χ1n) is 5.74. The molecule has 1 saturated carbocycles. The van der Waals surface area contributed by atoms with E-state index in [2.05, 4.69) is 9.88 Å². The number of aromatic nitrogens is 1. The number of hydrogen-bond donors (Lipinski definition) is 1. The highest BCUT2D eigenvalue weighted by Gasteiger charge is 2.29. The Balaban J connectivity index is 2.09. The normalized spacial score (nSPS) is 14.6. The van der Waals surface area contributed by atoms with E-state index < -0.39 is 0 Å². The number of thiocarbonyl (C=S) groups is 1. The highest BCUT2D eigenvalue weighted by Crippen LogP contribution is 2.30. The molecule has 1 aromatic rings. The molecule has 1 aliphatic carbocycles. The van der Waals surface area contributed by atoms with Gasteiger partial charge in [0.1, 0.15) is 10.8 Å². The largest absolute Gasteiger partial charge is 0.389 e. The molecule has 5 heteroatoms. The van der Waals surface area contributed by atoms with Crippen LogP contribution in [-0.4, -0.2) is 36.3 Å². The average molecular weight is 251 g/mol. The Morgan fingerprint density at radius 1 is 1.59 bits per heavy atom. The molecule has 1 heterocycles. The van der Waals surface area contributed by atoms with Crippen LogP contribution in [0.2, 0.25) is 0 Å². The van der Waals surface area contributed by atoms with E-state index in [0.717, 1.165) is 24.5 Å². The summed E-state index contributed by atoms with van der Waals surface area (Å²) in [4.78, 5) is 7.09. The summed E-state index contributed by atoms with van der Waals surface area (Å²) < 4.78 is 5.12. The predicted molar refractivity (Wildman–Crippen MR) is 72.4 cm³/mol. The van der Waals surface area contributed by atoms with E-state index in [1.807, 2.05) is 12.1 Å². The Morgan fingerprint density at radius 3 is 2.82 bits per heavy atom.